The van der Waals surface area contributed by atoms with Crippen LogP contribution >= 0.6 is 0 Å². The van der Waals surface area contributed by atoms with Crippen molar-refractivity contribution < 1.29 is 28.2 Å². The van der Waals surface area contributed by atoms with E-state index in [0.717, 1.165) is 23.1 Å². The van der Waals surface area contributed by atoms with E-state index in [1.807, 2.05) is 6.92 Å². The Kier molecular flexibility index (Phi) is 5.85. The van der Waals surface area contributed by atoms with Gasteiger partial charge in [-0.3, -0.25) is 9.78 Å². The summed E-state index contributed by atoms with van der Waals surface area (Å²) in [6.45, 7) is 4.51. The number of fused-ring (bicyclic) bond motifs is 1. The summed E-state index contributed by atoms with van der Waals surface area (Å²) in [6.07, 6.45) is 0.0980. The lowest BCUT2D eigenvalue weighted by Crippen LogP contribution is -2.45. The number of anilines is 1. The Labute approximate surface area is 196 Å². The molecule has 1 unspecified atom stereocenters. The van der Waals surface area contributed by atoms with Crippen LogP contribution in [0, 0.1) is 12.3 Å². The van der Waals surface area contributed by atoms with Gasteiger partial charge in [-0.05, 0) is 68.6 Å². The molecule has 34 heavy (non-hydrogen) atoms. The molecule has 7 nitrogen and oxygen atoms in total. The van der Waals surface area contributed by atoms with Gasteiger partial charge in [-0.25, -0.2) is 13.6 Å². The van der Waals surface area contributed by atoms with E-state index in [4.69, 9.17) is 4.74 Å². The molecule has 3 aliphatic rings. The average Bonchev–Trinajstić information content (AvgIpc) is 3.36. The highest BCUT2D eigenvalue weighted by Gasteiger charge is 2.48. The molecule has 3 aliphatic heterocycles. The van der Waals surface area contributed by atoms with Crippen molar-refractivity contribution in [1.29, 1.82) is 0 Å². The molecule has 1 atom stereocenters. The SMILES string of the molecule is Cc1c(C(O)CN2CCC3(CC2)CCN(c2ccc(C(F)F)nc2)C3=O)ccc2c1COC2=O. The highest BCUT2D eigenvalue weighted by molar-refractivity contribution is 5.99. The van der Waals surface area contributed by atoms with Crippen LogP contribution in [0.3, 0.4) is 0 Å². The summed E-state index contributed by atoms with van der Waals surface area (Å²) in [6, 6.07) is 6.32. The second-order valence-corrected chi connectivity index (χ2v) is 9.43. The van der Waals surface area contributed by atoms with Gasteiger partial charge in [0, 0.05) is 18.7 Å². The Hall–Kier alpha value is -2.91. The Morgan fingerprint density at radius 2 is 1.85 bits per heavy atom. The van der Waals surface area contributed by atoms with Gasteiger partial charge in [0.1, 0.15) is 12.3 Å². The first-order valence-corrected chi connectivity index (χ1v) is 11.5. The van der Waals surface area contributed by atoms with E-state index in [2.05, 4.69) is 9.88 Å². The van der Waals surface area contributed by atoms with Gasteiger partial charge in [-0.1, -0.05) is 6.07 Å². The number of aromatic nitrogens is 1. The average molecular weight is 472 g/mol. The Morgan fingerprint density at radius 1 is 1.12 bits per heavy atom. The lowest BCUT2D eigenvalue weighted by molar-refractivity contribution is -0.128. The van der Waals surface area contributed by atoms with Gasteiger partial charge in [-0.15, -0.1) is 0 Å². The predicted octanol–water partition coefficient (Wildman–Crippen LogP) is 3.55. The van der Waals surface area contributed by atoms with Crippen LogP contribution in [0.2, 0.25) is 0 Å². The number of halogens is 2. The van der Waals surface area contributed by atoms with E-state index in [1.54, 1.807) is 17.0 Å². The number of benzene rings is 1. The van der Waals surface area contributed by atoms with Crippen molar-refractivity contribution in [2.75, 3.05) is 31.1 Å². The number of hydrogen-bond donors (Lipinski definition) is 1. The first kappa shape index (κ1) is 22.9. The number of amides is 1. The molecule has 1 amide bonds. The number of carbonyl (C=O) groups is 2. The first-order valence-electron chi connectivity index (χ1n) is 11.5. The number of ether oxygens (including phenoxy) is 1. The number of piperidine rings is 1. The third kappa shape index (κ3) is 3.86. The molecular weight excluding hydrogens is 444 g/mol. The van der Waals surface area contributed by atoms with Crippen LogP contribution in [0.15, 0.2) is 30.5 Å². The summed E-state index contributed by atoms with van der Waals surface area (Å²) in [7, 11) is 0. The maximum atomic E-state index is 13.3. The number of cyclic esters (lactones) is 1. The number of hydrogen-bond acceptors (Lipinski definition) is 6. The lowest BCUT2D eigenvalue weighted by Gasteiger charge is -2.38. The van der Waals surface area contributed by atoms with Crippen molar-refractivity contribution in [2.45, 2.75) is 45.3 Å². The molecule has 0 bridgehead atoms. The third-order valence-corrected chi connectivity index (χ3v) is 7.63. The quantitative estimate of drug-likeness (QED) is 0.672. The molecule has 1 spiro atoms. The predicted molar refractivity (Wildman–Crippen MR) is 120 cm³/mol. The monoisotopic (exact) mass is 471 g/mol. The second-order valence-electron chi connectivity index (χ2n) is 9.43. The topological polar surface area (TPSA) is 83.0 Å². The molecule has 2 saturated heterocycles. The molecule has 180 valence electrons. The van der Waals surface area contributed by atoms with E-state index in [1.165, 1.54) is 18.3 Å². The third-order valence-electron chi connectivity index (χ3n) is 7.63. The minimum Gasteiger partial charge on any atom is -0.457 e. The fourth-order valence-electron chi connectivity index (χ4n) is 5.45. The largest absolute Gasteiger partial charge is 0.457 e. The molecular formula is C25H27F2N3O4. The number of nitrogens with zero attached hydrogens (tertiary/aromatic N) is 3. The first-order chi connectivity index (χ1) is 16.3. The molecule has 5 rings (SSSR count). The number of pyridine rings is 1. The van der Waals surface area contributed by atoms with Crippen LogP contribution in [0.25, 0.3) is 0 Å². The highest BCUT2D eigenvalue weighted by Crippen LogP contribution is 2.43. The molecule has 1 aromatic heterocycles. The maximum Gasteiger partial charge on any atom is 0.338 e. The summed E-state index contributed by atoms with van der Waals surface area (Å²) in [4.78, 5) is 32.7. The standard InChI is InChI=1S/C25H27F2N3O4/c1-15-17(3-4-18-19(15)14-34-23(18)32)21(31)13-29-9-6-25(7-10-29)8-11-30(24(25)33)16-2-5-20(22(26)27)28-12-16/h2-5,12,21-22,31H,6-11,13-14H2,1H3. The van der Waals surface area contributed by atoms with E-state index < -0.39 is 17.9 Å². The summed E-state index contributed by atoms with van der Waals surface area (Å²) >= 11 is 0. The van der Waals surface area contributed by atoms with Crippen LogP contribution in [-0.4, -0.2) is 53.0 Å². The van der Waals surface area contributed by atoms with Crippen LogP contribution < -0.4 is 4.90 Å². The van der Waals surface area contributed by atoms with Gasteiger partial charge in [0.15, 0.2) is 0 Å². The van der Waals surface area contributed by atoms with Gasteiger partial charge in [0.2, 0.25) is 5.91 Å². The molecule has 1 N–H and O–H groups in total. The van der Waals surface area contributed by atoms with Crippen molar-refractivity contribution in [2.24, 2.45) is 5.41 Å². The van der Waals surface area contributed by atoms with Crippen molar-refractivity contribution in [1.82, 2.24) is 9.88 Å². The van der Waals surface area contributed by atoms with E-state index in [9.17, 15) is 23.5 Å². The van der Waals surface area contributed by atoms with Crippen LogP contribution in [0.1, 0.15) is 64.5 Å². The van der Waals surface area contributed by atoms with Crippen LogP contribution in [0.5, 0.6) is 0 Å². The summed E-state index contributed by atoms with van der Waals surface area (Å²) in [5, 5.41) is 10.9. The number of likely N-dealkylation sites (tertiary alicyclic amines) is 1. The van der Waals surface area contributed by atoms with Crippen molar-refractivity contribution >= 4 is 17.6 Å². The van der Waals surface area contributed by atoms with E-state index in [0.29, 0.717) is 50.3 Å². The molecule has 2 fully saturated rings. The summed E-state index contributed by atoms with van der Waals surface area (Å²) in [5.74, 6) is -0.296. The molecule has 4 heterocycles. The highest BCUT2D eigenvalue weighted by atomic mass is 19.3. The van der Waals surface area contributed by atoms with Gasteiger partial charge < -0.3 is 19.6 Å². The number of aliphatic hydroxyl groups excluding tert-OH is 1. The van der Waals surface area contributed by atoms with Gasteiger partial charge in [-0.2, -0.15) is 0 Å². The number of rotatable bonds is 5. The van der Waals surface area contributed by atoms with Crippen LogP contribution in [0.4, 0.5) is 14.5 Å². The van der Waals surface area contributed by atoms with Gasteiger partial charge in [0.05, 0.1) is 29.0 Å². The molecule has 9 heteroatoms. The number of carbonyl (C=O) groups excluding carboxylic acids is 2. The van der Waals surface area contributed by atoms with E-state index in [-0.39, 0.29) is 24.2 Å². The second kappa shape index (κ2) is 8.70. The molecule has 1 aromatic carbocycles. The van der Waals surface area contributed by atoms with Gasteiger partial charge in [0.25, 0.3) is 6.43 Å². The lowest BCUT2D eigenvalue weighted by atomic mass is 9.77. The number of esters is 1. The number of alkyl halides is 2. The zero-order valence-corrected chi connectivity index (χ0v) is 19.0. The Bertz CT molecular complexity index is 1110. The fraction of sp³-hybridized carbons (Fsp3) is 0.480. The molecule has 0 aliphatic carbocycles. The minimum absolute atomic E-state index is 0.0263. The van der Waals surface area contributed by atoms with Crippen molar-refractivity contribution in [3.05, 3.63) is 58.4 Å². The van der Waals surface area contributed by atoms with Crippen molar-refractivity contribution in [3.63, 3.8) is 0 Å². The zero-order chi connectivity index (χ0) is 24.0. The normalized spacial score (nSPS) is 20.8. The van der Waals surface area contributed by atoms with E-state index >= 15 is 0 Å². The number of β-amino-alcohol motifs (C(OH)–C–C–N with tert-alkyl or cyclic N) is 1. The van der Waals surface area contributed by atoms with Crippen LogP contribution in [-0.2, 0) is 16.1 Å². The molecule has 2 aromatic rings. The summed E-state index contributed by atoms with van der Waals surface area (Å²) in [5.41, 5.74) is 2.89. The molecule has 0 saturated carbocycles. The smallest absolute Gasteiger partial charge is 0.338 e. The summed E-state index contributed by atoms with van der Waals surface area (Å²) < 4.78 is 30.7. The number of aliphatic hydroxyl groups is 1. The zero-order valence-electron chi connectivity index (χ0n) is 19.0. The Morgan fingerprint density at radius 3 is 2.53 bits per heavy atom. The van der Waals surface area contributed by atoms with Gasteiger partial charge >= 0.3 is 5.97 Å². The maximum absolute atomic E-state index is 13.3. The van der Waals surface area contributed by atoms with Crippen molar-refractivity contribution in [3.8, 4) is 0 Å². The molecule has 0 radical (unpaired) electrons. The minimum atomic E-state index is -2.63. The fourth-order valence-corrected chi connectivity index (χ4v) is 5.45. The Balaban J connectivity index is 1.21.